The Balaban J connectivity index is 1.55. The Kier molecular flexibility index (Phi) is 6.24. The highest BCUT2D eigenvalue weighted by molar-refractivity contribution is 7.99. The van der Waals surface area contributed by atoms with E-state index < -0.39 is 12.1 Å². The fraction of sp³-hybridized carbons (Fsp3) is 0.300. The third-order valence-corrected chi connectivity index (χ3v) is 4.92. The lowest BCUT2D eigenvalue weighted by molar-refractivity contribution is -0.129. The Morgan fingerprint density at radius 2 is 1.96 bits per heavy atom. The zero-order chi connectivity index (χ0) is 19.2. The lowest BCUT2D eigenvalue weighted by Gasteiger charge is -2.15. The maximum atomic E-state index is 12.4. The monoisotopic (exact) mass is 387 g/mol. The Morgan fingerprint density at radius 3 is 2.78 bits per heavy atom. The summed E-state index contributed by atoms with van der Waals surface area (Å²) in [5, 5.41) is 2.77. The van der Waals surface area contributed by atoms with Crippen LogP contribution in [0.15, 0.2) is 47.4 Å². The molecule has 0 saturated carbocycles. The van der Waals surface area contributed by atoms with Crippen LogP contribution in [0.2, 0.25) is 0 Å². The van der Waals surface area contributed by atoms with Gasteiger partial charge < -0.3 is 19.5 Å². The first-order valence-corrected chi connectivity index (χ1v) is 9.66. The van der Waals surface area contributed by atoms with E-state index in [1.807, 2.05) is 31.2 Å². The van der Waals surface area contributed by atoms with Gasteiger partial charge in [0.2, 0.25) is 6.79 Å². The quantitative estimate of drug-likeness (QED) is 0.580. The number of esters is 1. The molecule has 0 spiro atoms. The van der Waals surface area contributed by atoms with Crippen molar-refractivity contribution in [2.75, 3.05) is 12.5 Å². The van der Waals surface area contributed by atoms with Crippen LogP contribution in [0.1, 0.15) is 29.8 Å². The molecule has 1 heterocycles. The highest BCUT2D eigenvalue weighted by atomic mass is 32.2. The highest BCUT2D eigenvalue weighted by Crippen LogP contribution is 2.32. The van der Waals surface area contributed by atoms with Crippen LogP contribution in [0.4, 0.5) is 0 Å². The summed E-state index contributed by atoms with van der Waals surface area (Å²) in [4.78, 5) is 25.5. The molecule has 2 aromatic rings. The normalized spacial score (nSPS) is 13.1. The molecule has 1 aliphatic heterocycles. The summed E-state index contributed by atoms with van der Waals surface area (Å²) in [6.07, 6.45) is -0.897. The summed E-state index contributed by atoms with van der Waals surface area (Å²) in [6.45, 7) is 4.08. The second kappa shape index (κ2) is 8.81. The van der Waals surface area contributed by atoms with Gasteiger partial charge in [0.1, 0.15) is 0 Å². The van der Waals surface area contributed by atoms with E-state index in [-0.39, 0.29) is 12.7 Å². The van der Waals surface area contributed by atoms with E-state index in [1.54, 1.807) is 36.9 Å². The fourth-order valence-corrected chi connectivity index (χ4v) is 3.37. The molecule has 7 heteroatoms. The third kappa shape index (κ3) is 4.74. The number of thioether (sulfide) groups is 1. The maximum absolute atomic E-state index is 12.4. The Labute approximate surface area is 162 Å². The average molecular weight is 387 g/mol. The standard InChI is InChI=1S/C20H21NO5S/c1-3-27-18-7-5-4-6-15(18)20(23)26-13(2)19(22)21-11-14-8-9-16-17(10-14)25-12-24-16/h4-10,13H,3,11-12H2,1-2H3,(H,21,22)/t13-/m1/s1. The smallest absolute Gasteiger partial charge is 0.340 e. The molecule has 3 rings (SSSR count). The highest BCUT2D eigenvalue weighted by Gasteiger charge is 2.21. The van der Waals surface area contributed by atoms with Crippen LogP contribution in [0.3, 0.4) is 0 Å². The number of fused-ring (bicyclic) bond motifs is 1. The zero-order valence-electron chi connectivity index (χ0n) is 15.2. The van der Waals surface area contributed by atoms with Crippen molar-refractivity contribution >= 4 is 23.6 Å². The summed E-state index contributed by atoms with van der Waals surface area (Å²) < 4.78 is 15.9. The molecule has 6 nitrogen and oxygen atoms in total. The van der Waals surface area contributed by atoms with Crippen LogP contribution in [-0.4, -0.2) is 30.5 Å². The van der Waals surface area contributed by atoms with Crippen LogP contribution in [0.25, 0.3) is 0 Å². The largest absolute Gasteiger partial charge is 0.454 e. The van der Waals surface area contributed by atoms with Gasteiger partial charge in [0.15, 0.2) is 17.6 Å². The van der Waals surface area contributed by atoms with E-state index in [0.29, 0.717) is 23.6 Å². The van der Waals surface area contributed by atoms with Gasteiger partial charge in [-0.15, -0.1) is 11.8 Å². The minimum atomic E-state index is -0.897. The summed E-state index contributed by atoms with van der Waals surface area (Å²) in [7, 11) is 0. The fourth-order valence-electron chi connectivity index (χ4n) is 2.58. The van der Waals surface area contributed by atoms with Gasteiger partial charge in [-0.3, -0.25) is 4.79 Å². The van der Waals surface area contributed by atoms with Crippen LogP contribution in [-0.2, 0) is 16.1 Å². The molecule has 0 unspecified atom stereocenters. The molecular weight excluding hydrogens is 366 g/mol. The van der Waals surface area contributed by atoms with Crippen molar-refractivity contribution in [3.63, 3.8) is 0 Å². The van der Waals surface area contributed by atoms with Gasteiger partial charge in [-0.05, 0) is 42.5 Å². The van der Waals surface area contributed by atoms with E-state index >= 15 is 0 Å². The first-order chi connectivity index (χ1) is 13.1. The molecule has 1 N–H and O–H groups in total. The minimum Gasteiger partial charge on any atom is -0.454 e. The Morgan fingerprint density at radius 1 is 1.19 bits per heavy atom. The van der Waals surface area contributed by atoms with Gasteiger partial charge in [-0.25, -0.2) is 4.79 Å². The molecule has 1 aliphatic rings. The van der Waals surface area contributed by atoms with Crippen LogP contribution in [0.5, 0.6) is 11.5 Å². The molecule has 27 heavy (non-hydrogen) atoms. The maximum Gasteiger partial charge on any atom is 0.340 e. The second-order valence-electron chi connectivity index (χ2n) is 5.88. The van der Waals surface area contributed by atoms with Crippen LogP contribution in [0, 0.1) is 0 Å². The molecule has 0 radical (unpaired) electrons. The average Bonchev–Trinajstić information content (AvgIpc) is 3.14. The van der Waals surface area contributed by atoms with Gasteiger partial charge in [0.05, 0.1) is 5.56 Å². The van der Waals surface area contributed by atoms with Crippen molar-refractivity contribution in [2.45, 2.75) is 31.4 Å². The summed E-state index contributed by atoms with van der Waals surface area (Å²) >= 11 is 1.56. The molecule has 0 aromatic heterocycles. The van der Waals surface area contributed by atoms with Crippen molar-refractivity contribution < 1.29 is 23.8 Å². The van der Waals surface area contributed by atoms with Crippen LogP contribution < -0.4 is 14.8 Å². The first kappa shape index (κ1) is 19.1. The Hall–Kier alpha value is -2.67. The minimum absolute atomic E-state index is 0.204. The predicted molar refractivity (Wildman–Crippen MR) is 102 cm³/mol. The van der Waals surface area contributed by atoms with E-state index in [0.717, 1.165) is 16.2 Å². The molecule has 2 aromatic carbocycles. The van der Waals surface area contributed by atoms with Gasteiger partial charge >= 0.3 is 5.97 Å². The van der Waals surface area contributed by atoms with E-state index in [4.69, 9.17) is 14.2 Å². The van der Waals surface area contributed by atoms with Gasteiger partial charge in [0, 0.05) is 11.4 Å². The number of ether oxygens (including phenoxy) is 3. The molecular formula is C20H21NO5S. The van der Waals surface area contributed by atoms with Crippen molar-refractivity contribution in [1.82, 2.24) is 5.32 Å². The van der Waals surface area contributed by atoms with E-state index in [9.17, 15) is 9.59 Å². The Bertz CT molecular complexity index is 839. The van der Waals surface area contributed by atoms with Gasteiger partial charge in [-0.2, -0.15) is 0 Å². The van der Waals surface area contributed by atoms with Crippen molar-refractivity contribution in [1.29, 1.82) is 0 Å². The third-order valence-electron chi connectivity index (χ3n) is 3.96. The number of benzene rings is 2. The molecule has 1 amide bonds. The number of nitrogens with one attached hydrogen (secondary N) is 1. The number of hydrogen-bond acceptors (Lipinski definition) is 6. The molecule has 0 aliphatic carbocycles. The van der Waals surface area contributed by atoms with Gasteiger partial charge in [0.25, 0.3) is 5.91 Å². The van der Waals surface area contributed by atoms with Crippen molar-refractivity contribution in [2.24, 2.45) is 0 Å². The van der Waals surface area contributed by atoms with Crippen molar-refractivity contribution in [3.05, 3.63) is 53.6 Å². The van der Waals surface area contributed by atoms with Gasteiger partial charge in [-0.1, -0.05) is 25.1 Å². The zero-order valence-corrected chi connectivity index (χ0v) is 16.0. The molecule has 0 saturated heterocycles. The SMILES string of the molecule is CCSc1ccccc1C(=O)O[C@H](C)C(=O)NCc1ccc2c(c1)OCO2. The van der Waals surface area contributed by atoms with E-state index in [1.165, 1.54) is 0 Å². The summed E-state index contributed by atoms with van der Waals surface area (Å²) in [5.74, 6) is 1.33. The van der Waals surface area contributed by atoms with Crippen LogP contribution >= 0.6 is 11.8 Å². The second-order valence-corrected chi connectivity index (χ2v) is 7.19. The van der Waals surface area contributed by atoms with Crippen molar-refractivity contribution in [3.8, 4) is 11.5 Å². The molecule has 1 atom stereocenters. The van der Waals surface area contributed by atoms with E-state index in [2.05, 4.69) is 5.32 Å². The lowest BCUT2D eigenvalue weighted by atomic mass is 10.2. The summed E-state index contributed by atoms with van der Waals surface area (Å²) in [5.41, 5.74) is 1.34. The predicted octanol–water partition coefficient (Wildman–Crippen LogP) is 3.39. The number of rotatable bonds is 7. The molecule has 0 fully saturated rings. The lowest BCUT2D eigenvalue weighted by Crippen LogP contribution is -2.35. The number of carbonyl (C=O) groups excluding carboxylic acids is 2. The molecule has 142 valence electrons. The number of carbonyl (C=O) groups is 2. The number of hydrogen-bond donors (Lipinski definition) is 1. The molecule has 0 bridgehead atoms. The first-order valence-electron chi connectivity index (χ1n) is 8.67. The topological polar surface area (TPSA) is 73.9 Å². The number of amides is 1. The summed E-state index contributed by atoms with van der Waals surface area (Å²) in [6, 6.07) is 12.7.